The molecule has 118 valence electrons. The van der Waals surface area contributed by atoms with Crippen LogP contribution in [0.15, 0.2) is 33.5 Å². The molecule has 3 heterocycles. The molecule has 2 aromatic heterocycles. The molecule has 4 rings (SSSR count). The van der Waals surface area contributed by atoms with Gasteiger partial charge in [-0.2, -0.15) is 9.97 Å². The Morgan fingerprint density at radius 3 is 2.61 bits per heavy atom. The van der Waals surface area contributed by atoms with E-state index in [9.17, 15) is 4.79 Å². The van der Waals surface area contributed by atoms with Crippen LogP contribution in [-0.2, 0) is 4.74 Å². The standard InChI is InChI=1S/C14H13BrN6O2/c15-10-3-1-9(2-4-10)11-16-13-17-12(18-14(22)21(13)19-11)20-5-7-23-8-6-20/h1-4H,5-8H2,(H,16,17,18,19,22). The highest BCUT2D eigenvalue weighted by Crippen LogP contribution is 2.19. The minimum absolute atomic E-state index is 0.285. The maximum atomic E-state index is 12.2. The summed E-state index contributed by atoms with van der Waals surface area (Å²) >= 11 is 3.39. The quantitative estimate of drug-likeness (QED) is 0.719. The van der Waals surface area contributed by atoms with E-state index in [1.807, 2.05) is 29.2 Å². The Bertz CT molecular complexity index is 898. The summed E-state index contributed by atoms with van der Waals surface area (Å²) in [5.74, 6) is 1.25. The Kier molecular flexibility index (Phi) is 3.58. The molecular weight excluding hydrogens is 364 g/mol. The van der Waals surface area contributed by atoms with Crippen molar-refractivity contribution < 1.29 is 4.74 Å². The molecule has 0 saturated carbocycles. The fraction of sp³-hybridized carbons (Fsp3) is 0.286. The van der Waals surface area contributed by atoms with Gasteiger partial charge in [0.25, 0.3) is 5.78 Å². The van der Waals surface area contributed by atoms with Crippen molar-refractivity contribution in [2.45, 2.75) is 0 Å². The van der Waals surface area contributed by atoms with E-state index in [2.05, 4.69) is 36.0 Å². The van der Waals surface area contributed by atoms with E-state index in [0.29, 0.717) is 38.1 Å². The maximum absolute atomic E-state index is 12.2. The van der Waals surface area contributed by atoms with Crippen molar-refractivity contribution in [1.82, 2.24) is 24.6 Å². The van der Waals surface area contributed by atoms with Crippen LogP contribution >= 0.6 is 15.9 Å². The molecule has 1 N–H and O–H groups in total. The number of hydrogen-bond donors (Lipinski definition) is 1. The maximum Gasteiger partial charge on any atom is 0.352 e. The molecule has 1 aliphatic heterocycles. The van der Waals surface area contributed by atoms with E-state index >= 15 is 0 Å². The summed E-state index contributed by atoms with van der Waals surface area (Å²) in [7, 11) is 0. The summed E-state index contributed by atoms with van der Waals surface area (Å²) in [6, 6.07) is 7.57. The fourth-order valence-corrected chi connectivity index (χ4v) is 2.69. The number of fused-ring (bicyclic) bond motifs is 1. The number of nitrogens with zero attached hydrogens (tertiary/aromatic N) is 5. The summed E-state index contributed by atoms with van der Waals surface area (Å²) in [5.41, 5.74) is 0.471. The third-order valence-electron chi connectivity index (χ3n) is 3.62. The zero-order chi connectivity index (χ0) is 15.8. The Morgan fingerprint density at radius 1 is 1.13 bits per heavy atom. The van der Waals surface area contributed by atoms with Gasteiger partial charge in [0.05, 0.1) is 13.2 Å². The van der Waals surface area contributed by atoms with Crippen molar-refractivity contribution in [3.05, 3.63) is 39.2 Å². The first kappa shape index (κ1) is 14.3. The van der Waals surface area contributed by atoms with Crippen LogP contribution in [-0.4, -0.2) is 50.9 Å². The van der Waals surface area contributed by atoms with Gasteiger partial charge in [0.1, 0.15) is 0 Å². The highest BCUT2D eigenvalue weighted by atomic mass is 79.9. The Morgan fingerprint density at radius 2 is 1.87 bits per heavy atom. The van der Waals surface area contributed by atoms with E-state index in [1.54, 1.807) is 0 Å². The second-order valence-corrected chi connectivity index (χ2v) is 6.03. The van der Waals surface area contributed by atoms with Crippen LogP contribution in [0.3, 0.4) is 0 Å². The van der Waals surface area contributed by atoms with Crippen LogP contribution < -0.4 is 10.6 Å². The largest absolute Gasteiger partial charge is 0.378 e. The fourth-order valence-electron chi connectivity index (χ4n) is 2.43. The molecule has 0 atom stereocenters. The number of aromatic amines is 1. The normalized spacial score (nSPS) is 15.3. The van der Waals surface area contributed by atoms with E-state index in [0.717, 1.165) is 10.0 Å². The lowest BCUT2D eigenvalue weighted by atomic mass is 10.2. The van der Waals surface area contributed by atoms with E-state index in [4.69, 9.17) is 4.74 Å². The summed E-state index contributed by atoms with van der Waals surface area (Å²) < 4.78 is 7.46. The minimum Gasteiger partial charge on any atom is -0.378 e. The van der Waals surface area contributed by atoms with Crippen molar-refractivity contribution in [2.75, 3.05) is 31.2 Å². The van der Waals surface area contributed by atoms with Gasteiger partial charge in [-0.3, -0.25) is 4.98 Å². The number of morpholine rings is 1. The summed E-state index contributed by atoms with van der Waals surface area (Å²) in [5, 5.41) is 4.24. The molecule has 23 heavy (non-hydrogen) atoms. The molecule has 1 fully saturated rings. The highest BCUT2D eigenvalue weighted by molar-refractivity contribution is 9.10. The van der Waals surface area contributed by atoms with Crippen LogP contribution in [0.5, 0.6) is 0 Å². The molecule has 0 bridgehead atoms. The van der Waals surface area contributed by atoms with Crippen LogP contribution in [0.1, 0.15) is 0 Å². The predicted octanol–water partition coefficient (Wildman–Crippen LogP) is 1.08. The molecule has 9 heteroatoms. The minimum atomic E-state index is -0.354. The summed E-state index contributed by atoms with van der Waals surface area (Å²) in [6.45, 7) is 2.61. The average Bonchev–Trinajstić information content (AvgIpc) is 3.01. The highest BCUT2D eigenvalue weighted by Gasteiger charge is 2.17. The van der Waals surface area contributed by atoms with Crippen molar-refractivity contribution in [3.8, 4) is 11.4 Å². The van der Waals surface area contributed by atoms with E-state index in [1.165, 1.54) is 4.52 Å². The Labute approximate surface area is 139 Å². The van der Waals surface area contributed by atoms with Gasteiger partial charge in [0, 0.05) is 23.1 Å². The van der Waals surface area contributed by atoms with Crippen molar-refractivity contribution >= 4 is 27.7 Å². The average molecular weight is 377 g/mol. The van der Waals surface area contributed by atoms with Crippen molar-refractivity contribution in [2.24, 2.45) is 0 Å². The molecule has 0 spiro atoms. The third kappa shape index (κ3) is 2.73. The second-order valence-electron chi connectivity index (χ2n) is 5.12. The number of hydrogen-bond acceptors (Lipinski definition) is 6. The molecule has 3 aromatic rings. The number of nitrogens with one attached hydrogen (secondary N) is 1. The van der Waals surface area contributed by atoms with Crippen LogP contribution in [0.2, 0.25) is 0 Å². The number of benzene rings is 1. The van der Waals surface area contributed by atoms with Gasteiger partial charge >= 0.3 is 5.69 Å². The molecule has 0 radical (unpaired) electrons. The molecule has 1 aliphatic rings. The van der Waals surface area contributed by atoms with Gasteiger partial charge in [-0.25, -0.2) is 4.79 Å². The molecule has 8 nitrogen and oxygen atoms in total. The van der Waals surface area contributed by atoms with E-state index in [-0.39, 0.29) is 11.5 Å². The predicted molar refractivity (Wildman–Crippen MR) is 87.6 cm³/mol. The van der Waals surface area contributed by atoms with Crippen LogP contribution in [0, 0.1) is 0 Å². The number of anilines is 1. The lowest BCUT2D eigenvalue weighted by molar-refractivity contribution is 0.122. The first-order chi connectivity index (χ1) is 11.2. The number of halogens is 1. The number of ether oxygens (including phenoxy) is 1. The molecule has 0 amide bonds. The number of aromatic nitrogens is 5. The van der Waals surface area contributed by atoms with E-state index < -0.39 is 0 Å². The second kappa shape index (κ2) is 5.74. The Hall–Kier alpha value is -2.26. The SMILES string of the molecule is O=c1[nH]c(N2CCOCC2)nc2nc(-c3ccc(Br)cc3)nn12. The Balaban J connectivity index is 1.77. The van der Waals surface area contributed by atoms with Crippen LogP contribution in [0.25, 0.3) is 17.2 Å². The van der Waals surface area contributed by atoms with Gasteiger partial charge in [-0.15, -0.1) is 9.61 Å². The first-order valence-corrected chi connectivity index (χ1v) is 7.96. The number of H-pyrrole nitrogens is 1. The molecule has 1 saturated heterocycles. The van der Waals surface area contributed by atoms with Gasteiger partial charge in [0.15, 0.2) is 5.82 Å². The van der Waals surface area contributed by atoms with Gasteiger partial charge in [-0.05, 0) is 12.1 Å². The lowest BCUT2D eigenvalue weighted by Gasteiger charge is -2.26. The van der Waals surface area contributed by atoms with Gasteiger partial charge in [0.2, 0.25) is 5.95 Å². The zero-order valence-corrected chi connectivity index (χ0v) is 13.7. The molecular formula is C14H13BrN6O2. The van der Waals surface area contributed by atoms with Crippen LogP contribution in [0.4, 0.5) is 5.95 Å². The smallest absolute Gasteiger partial charge is 0.352 e. The van der Waals surface area contributed by atoms with Gasteiger partial charge in [-0.1, -0.05) is 28.1 Å². The van der Waals surface area contributed by atoms with Gasteiger partial charge < -0.3 is 9.64 Å². The topological polar surface area (TPSA) is 88.4 Å². The summed E-state index contributed by atoms with van der Waals surface area (Å²) in [4.78, 5) is 25.8. The lowest BCUT2D eigenvalue weighted by Crippen LogP contribution is -2.39. The van der Waals surface area contributed by atoms with Crippen molar-refractivity contribution in [1.29, 1.82) is 0 Å². The first-order valence-electron chi connectivity index (χ1n) is 7.16. The molecule has 0 unspecified atom stereocenters. The monoisotopic (exact) mass is 376 g/mol. The molecule has 1 aromatic carbocycles. The number of rotatable bonds is 2. The third-order valence-corrected chi connectivity index (χ3v) is 4.15. The zero-order valence-electron chi connectivity index (χ0n) is 12.1. The molecule has 0 aliphatic carbocycles. The summed E-state index contributed by atoms with van der Waals surface area (Å²) in [6.07, 6.45) is 0. The van der Waals surface area contributed by atoms with Crippen molar-refractivity contribution in [3.63, 3.8) is 0 Å².